The maximum absolute atomic E-state index is 13.3. The average Bonchev–Trinajstić information content (AvgIpc) is 3.22. The summed E-state index contributed by atoms with van der Waals surface area (Å²) in [5, 5.41) is 7.57. The van der Waals surface area contributed by atoms with Gasteiger partial charge in [-0.25, -0.2) is 4.21 Å². The standard InChI is InChI=1S/C33H43ClN2O4S.C2H6.CH4O/c1-5-7-23-16-27(34)12-14-28(23)26-19-36-18-25-10-13-29(25)31(39-4)9-6-8-21(2)22(3)41(38)35-33(37)24-11-15-32(40-20-26)30(36)17-24;2*1-2/h6,9,11-12,14-17,21-22,25-26,29,31H,5,7-8,10,13,18-20H2,1-4H3,(H,35,37);1-2H3;2H,1H3/b9-6+;;. The van der Waals surface area contributed by atoms with Crippen LogP contribution in [0.4, 0.5) is 5.69 Å². The van der Waals surface area contributed by atoms with Gasteiger partial charge in [-0.2, -0.15) is 0 Å². The van der Waals surface area contributed by atoms with E-state index in [1.807, 2.05) is 39.0 Å². The van der Waals surface area contributed by atoms with E-state index in [4.69, 9.17) is 26.2 Å². The van der Waals surface area contributed by atoms with Crippen molar-refractivity contribution in [1.29, 1.82) is 0 Å². The molecule has 1 saturated carbocycles. The number of ether oxygens (including phenoxy) is 2. The second-order valence-electron chi connectivity index (χ2n) is 12.0. The Morgan fingerprint density at radius 1 is 1.11 bits per heavy atom. The number of aryl methyl sites for hydroxylation is 1. The number of amides is 1. The maximum atomic E-state index is 13.3. The Hall–Kier alpha value is -2.39. The van der Waals surface area contributed by atoms with Gasteiger partial charge < -0.3 is 19.5 Å². The van der Waals surface area contributed by atoms with Gasteiger partial charge in [-0.15, -0.1) is 0 Å². The van der Waals surface area contributed by atoms with Crippen molar-refractivity contribution in [2.45, 2.75) is 84.0 Å². The summed E-state index contributed by atoms with van der Waals surface area (Å²) in [4.78, 5) is 15.7. The number of carbonyl (C=O) groups is 1. The Balaban J connectivity index is 0.00000133. The molecule has 2 heterocycles. The summed E-state index contributed by atoms with van der Waals surface area (Å²) in [6, 6.07) is 11.8. The summed E-state index contributed by atoms with van der Waals surface area (Å²) >= 11 is 6.40. The van der Waals surface area contributed by atoms with E-state index in [-0.39, 0.29) is 29.1 Å². The summed E-state index contributed by atoms with van der Waals surface area (Å²) in [6.45, 7) is 12.4. The minimum Gasteiger partial charge on any atom is -0.491 e. The second kappa shape index (κ2) is 18.1. The predicted molar refractivity (Wildman–Crippen MR) is 187 cm³/mol. The molecule has 7 unspecified atom stereocenters. The number of carbonyl (C=O) groups excluding carboxylic acids is 1. The van der Waals surface area contributed by atoms with Crippen LogP contribution in [0.2, 0.25) is 5.02 Å². The molecule has 7 nitrogen and oxygen atoms in total. The van der Waals surface area contributed by atoms with Crippen LogP contribution in [0.15, 0.2) is 48.6 Å². The normalized spacial score (nSPS) is 28.7. The summed E-state index contributed by atoms with van der Waals surface area (Å²) in [6.07, 6.45) is 9.47. The van der Waals surface area contributed by atoms with Gasteiger partial charge in [0.25, 0.3) is 5.91 Å². The molecule has 5 rings (SSSR count). The highest BCUT2D eigenvalue weighted by Crippen LogP contribution is 2.43. The van der Waals surface area contributed by atoms with Gasteiger partial charge in [-0.1, -0.05) is 63.9 Å². The highest BCUT2D eigenvalue weighted by molar-refractivity contribution is 7.84. The Kier molecular flexibility index (Phi) is 14.9. The largest absolute Gasteiger partial charge is 0.491 e. The van der Waals surface area contributed by atoms with Gasteiger partial charge in [-0.05, 0) is 91.8 Å². The molecule has 0 spiro atoms. The lowest BCUT2D eigenvalue weighted by atomic mass is 9.70. The van der Waals surface area contributed by atoms with Gasteiger partial charge in [0.2, 0.25) is 0 Å². The van der Waals surface area contributed by atoms with Crippen LogP contribution in [-0.4, -0.2) is 60.5 Å². The van der Waals surface area contributed by atoms with E-state index in [1.54, 1.807) is 13.2 Å². The molecule has 1 aliphatic carbocycles. The number of nitrogens with one attached hydrogen (secondary N) is 1. The lowest BCUT2D eigenvalue weighted by molar-refractivity contribution is 0.0134. The molecular formula is C36H53ClN2O5S. The molecule has 250 valence electrons. The van der Waals surface area contributed by atoms with Crippen molar-refractivity contribution in [1.82, 2.24) is 4.72 Å². The van der Waals surface area contributed by atoms with E-state index >= 15 is 0 Å². The molecule has 1 amide bonds. The zero-order valence-corrected chi connectivity index (χ0v) is 29.6. The van der Waals surface area contributed by atoms with Crippen LogP contribution in [0.5, 0.6) is 5.75 Å². The molecule has 3 aliphatic rings. The van der Waals surface area contributed by atoms with Crippen molar-refractivity contribution >= 4 is 34.2 Å². The first-order valence-electron chi connectivity index (χ1n) is 16.4. The molecule has 2 bridgehead atoms. The number of aliphatic hydroxyl groups is 1. The second-order valence-corrected chi connectivity index (χ2v) is 13.9. The summed E-state index contributed by atoms with van der Waals surface area (Å²) in [7, 11) is 1.30. The SMILES string of the molecule is CC.CCCc1cc(Cl)ccc1C1COc2ccc3cc2N(C1)CC1CCC1C(OC)/C=C/CC(C)C(C)S(=O)NC3=O.CO. The Labute approximate surface area is 278 Å². The monoisotopic (exact) mass is 660 g/mol. The summed E-state index contributed by atoms with van der Waals surface area (Å²) in [5.41, 5.74) is 3.95. The lowest BCUT2D eigenvalue weighted by Gasteiger charge is -2.43. The third-order valence-corrected chi connectivity index (χ3v) is 11.1. The molecule has 2 aromatic carbocycles. The molecule has 0 saturated heterocycles. The van der Waals surface area contributed by atoms with Crippen LogP contribution in [0, 0.1) is 17.8 Å². The number of allylic oxidation sites excluding steroid dienone is 1. The molecule has 0 aromatic heterocycles. The predicted octanol–water partition coefficient (Wildman–Crippen LogP) is 7.33. The van der Waals surface area contributed by atoms with Crippen LogP contribution in [0.1, 0.15) is 87.7 Å². The fourth-order valence-electron chi connectivity index (χ4n) is 6.46. The van der Waals surface area contributed by atoms with Crippen molar-refractivity contribution < 1.29 is 23.6 Å². The minimum atomic E-state index is -1.50. The van der Waals surface area contributed by atoms with E-state index < -0.39 is 11.0 Å². The fraction of sp³-hybridized carbons (Fsp3) is 0.583. The summed E-state index contributed by atoms with van der Waals surface area (Å²) in [5.74, 6) is 1.64. The smallest absolute Gasteiger partial charge is 0.263 e. The van der Waals surface area contributed by atoms with Gasteiger partial charge in [0.05, 0.1) is 23.6 Å². The first-order valence-corrected chi connectivity index (χ1v) is 18.0. The zero-order chi connectivity index (χ0) is 33.1. The van der Waals surface area contributed by atoms with Crippen LogP contribution in [0.25, 0.3) is 0 Å². The number of anilines is 1. The third-order valence-electron chi connectivity index (χ3n) is 9.30. The highest BCUT2D eigenvalue weighted by atomic mass is 35.5. The van der Waals surface area contributed by atoms with Crippen molar-refractivity contribution in [3.63, 3.8) is 0 Å². The molecule has 1 fully saturated rings. The van der Waals surface area contributed by atoms with Crippen LogP contribution < -0.4 is 14.4 Å². The lowest BCUT2D eigenvalue weighted by Crippen LogP contribution is -2.44. The number of hydrogen-bond acceptors (Lipinski definition) is 6. The average molecular weight is 661 g/mol. The first kappa shape index (κ1) is 37.1. The van der Waals surface area contributed by atoms with Crippen molar-refractivity contribution in [2.75, 3.05) is 38.8 Å². The Bertz CT molecular complexity index is 1300. The first-order chi connectivity index (χ1) is 21.8. The molecule has 7 atom stereocenters. The minimum absolute atomic E-state index is 0.0478. The van der Waals surface area contributed by atoms with E-state index in [0.29, 0.717) is 24.0 Å². The maximum Gasteiger partial charge on any atom is 0.263 e. The Morgan fingerprint density at radius 2 is 1.87 bits per heavy atom. The Morgan fingerprint density at radius 3 is 2.53 bits per heavy atom. The number of hydrogen-bond donors (Lipinski definition) is 2. The fourth-order valence-corrected chi connectivity index (χ4v) is 7.68. The molecular weight excluding hydrogens is 608 g/mol. The van der Waals surface area contributed by atoms with E-state index in [2.05, 4.69) is 47.8 Å². The zero-order valence-electron chi connectivity index (χ0n) is 28.1. The van der Waals surface area contributed by atoms with Crippen molar-refractivity contribution in [3.05, 3.63) is 70.3 Å². The number of benzene rings is 2. The van der Waals surface area contributed by atoms with E-state index in [1.165, 1.54) is 11.1 Å². The molecule has 0 radical (unpaired) electrons. The van der Waals surface area contributed by atoms with Crippen molar-refractivity contribution in [2.24, 2.45) is 17.8 Å². The summed E-state index contributed by atoms with van der Waals surface area (Å²) < 4.78 is 28.3. The van der Waals surface area contributed by atoms with Crippen LogP contribution in [0.3, 0.4) is 0 Å². The van der Waals surface area contributed by atoms with Gasteiger partial charge >= 0.3 is 0 Å². The number of nitrogens with zero attached hydrogens (tertiary/aromatic N) is 1. The van der Waals surface area contributed by atoms with E-state index in [0.717, 1.165) is 68.8 Å². The van der Waals surface area contributed by atoms with Crippen LogP contribution >= 0.6 is 11.6 Å². The van der Waals surface area contributed by atoms with Gasteiger partial charge in [0.15, 0.2) is 0 Å². The highest BCUT2D eigenvalue weighted by Gasteiger charge is 2.39. The van der Waals surface area contributed by atoms with Gasteiger partial charge in [-0.3, -0.25) is 9.52 Å². The number of rotatable bonds is 4. The number of aliphatic hydroxyl groups excluding tert-OH is 1. The van der Waals surface area contributed by atoms with Gasteiger partial charge in [0.1, 0.15) is 16.7 Å². The number of methoxy groups -OCH3 is 1. The van der Waals surface area contributed by atoms with Crippen LogP contribution in [-0.2, 0) is 22.1 Å². The topological polar surface area (TPSA) is 88.1 Å². The molecule has 2 N–H and O–H groups in total. The molecule has 45 heavy (non-hydrogen) atoms. The quantitative estimate of drug-likeness (QED) is 0.334. The molecule has 2 aromatic rings. The molecule has 9 heteroatoms. The third kappa shape index (κ3) is 9.12. The number of halogens is 1. The van der Waals surface area contributed by atoms with Gasteiger partial charge in [0, 0.05) is 43.8 Å². The van der Waals surface area contributed by atoms with Crippen molar-refractivity contribution in [3.8, 4) is 5.75 Å². The van der Waals surface area contributed by atoms with E-state index in [9.17, 15) is 9.00 Å². The number of fused-ring (bicyclic) bond motifs is 2. The molecule has 2 aliphatic heterocycles.